The van der Waals surface area contributed by atoms with E-state index >= 15 is 0 Å². The molecule has 1 aliphatic heterocycles. The Bertz CT molecular complexity index is 92.4. The molecule has 0 unspecified atom stereocenters. The molecule has 0 N–H and O–H groups in total. The lowest BCUT2D eigenvalue weighted by Crippen LogP contribution is -2.15. The third-order valence-electron chi connectivity index (χ3n) is 1.99. The third-order valence-corrected chi connectivity index (χ3v) is 1.99. The quantitative estimate of drug-likeness (QED) is 0.611. The summed E-state index contributed by atoms with van der Waals surface area (Å²) in [7, 11) is 0. The van der Waals surface area contributed by atoms with E-state index in [0.29, 0.717) is 52.9 Å². The summed E-state index contributed by atoms with van der Waals surface area (Å²) >= 11 is 0. The van der Waals surface area contributed by atoms with Crippen molar-refractivity contribution in [2.45, 2.75) is 0 Å². The van der Waals surface area contributed by atoms with Crippen molar-refractivity contribution in [3.05, 3.63) is 0 Å². The molecule has 0 radical (unpaired) electrons. The van der Waals surface area contributed by atoms with E-state index in [1.165, 1.54) is 0 Å². The average molecular weight is 266 g/mol. The summed E-state index contributed by atoms with van der Waals surface area (Å²) in [5, 5.41) is 0. The second-order valence-electron chi connectivity index (χ2n) is 3.42. The van der Waals surface area contributed by atoms with Gasteiger partial charge in [0, 0.05) is 0 Å². The second kappa shape index (κ2) is 13.2. The zero-order valence-corrected chi connectivity index (χ0v) is 10.6. The van der Waals surface area contributed by atoms with Gasteiger partial charge in [0.15, 0.2) is 0 Å². The first kappa shape index (κ1) is 15.8. The van der Waals surface area contributed by atoms with Crippen LogP contribution in [-0.4, -0.2) is 73.2 Å². The summed E-state index contributed by atoms with van der Waals surface area (Å²) in [6.45, 7) is 4.70. The average Bonchev–Trinajstić information content (AvgIpc) is 2.39. The van der Waals surface area contributed by atoms with Gasteiger partial charge in [-0.05, 0) is 0 Å². The van der Waals surface area contributed by atoms with E-state index in [9.17, 15) is 0 Å². The van der Waals surface area contributed by atoms with Gasteiger partial charge in [0.2, 0.25) is 0 Å². The minimum atomic E-state index is 0.238. The smallest absolute Gasteiger partial charge is 0.146 e. The van der Waals surface area contributed by atoms with Crippen LogP contribution in [0.15, 0.2) is 0 Å². The van der Waals surface area contributed by atoms with Crippen LogP contribution in [0.3, 0.4) is 0 Å². The van der Waals surface area contributed by atoms with Crippen molar-refractivity contribution in [1.29, 1.82) is 0 Å². The van der Waals surface area contributed by atoms with E-state index in [2.05, 4.69) is 0 Å². The molecule has 18 heavy (non-hydrogen) atoms. The molecule has 1 heterocycles. The first-order valence-electron chi connectivity index (χ1n) is 6.04. The normalized spacial score (nSPS) is 24.0. The van der Waals surface area contributed by atoms with Crippen LogP contribution in [0.5, 0.6) is 0 Å². The largest absolute Gasteiger partial charge is 0.377 e. The van der Waals surface area contributed by atoms with Gasteiger partial charge in [-0.15, -0.1) is 0 Å². The molecule has 1 rings (SSSR count). The molecule has 0 aromatic rings. The summed E-state index contributed by atoms with van der Waals surface area (Å²) in [5.74, 6) is 0. The van der Waals surface area contributed by atoms with Gasteiger partial charge in [0.25, 0.3) is 0 Å². The van der Waals surface area contributed by atoms with Gasteiger partial charge < -0.3 is 33.2 Å². The summed E-state index contributed by atoms with van der Waals surface area (Å²) in [6.07, 6.45) is 0. The number of ether oxygens (including phenoxy) is 7. The fraction of sp³-hybridized carbons (Fsp3) is 1.00. The van der Waals surface area contributed by atoms with Gasteiger partial charge in [0.05, 0.1) is 52.9 Å². The van der Waals surface area contributed by atoms with E-state index in [4.69, 9.17) is 33.2 Å². The third kappa shape index (κ3) is 10.8. The molecule has 7 nitrogen and oxygen atoms in total. The molecule has 108 valence electrons. The Morgan fingerprint density at radius 3 is 0.778 bits per heavy atom. The molecule has 0 saturated carbocycles. The Morgan fingerprint density at radius 2 is 0.500 bits per heavy atom. The van der Waals surface area contributed by atoms with E-state index in [1.807, 2.05) is 0 Å². The second-order valence-corrected chi connectivity index (χ2v) is 3.42. The molecule has 0 spiro atoms. The molecule has 7 heteroatoms. The standard InChI is InChI=1S/C11H22O7/c1-3-13-9-15-5-7-17-11-18-8-6-16-10-14-4-2-12-1/h1-11H2. The molecule has 0 atom stereocenters. The predicted octanol–water partition coefficient (Wildman–Crippen LogP) is -0.0113. The van der Waals surface area contributed by atoms with Crippen LogP contribution in [0.25, 0.3) is 0 Å². The molecule has 0 aromatic carbocycles. The molecule has 0 aliphatic carbocycles. The topological polar surface area (TPSA) is 64.6 Å². The highest BCUT2D eigenvalue weighted by Gasteiger charge is 1.95. The summed E-state index contributed by atoms with van der Waals surface area (Å²) in [5.41, 5.74) is 0. The highest BCUT2D eigenvalue weighted by Crippen LogP contribution is 1.87. The predicted molar refractivity (Wildman–Crippen MR) is 61.1 cm³/mol. The molecule has 0 bridgehead atoms. The van der Waals surface area contributed by atoms with Gasteiger partial charge in [-0.2, -0.15) is 0 Å². The van der Waals surface area contributed by atoms with Crippen molar-refractivity contribution in [2.24, 2.45) is 0 Å². The van der Waals surface area contributed by atoms with Crippen LogP contribution in [0.4, 0.5) is 0 Å². The first-order valence-corrected chi connectivity index (χ1v) is 6.04. The maximum Gasteiger partial charge on any atom is 0.146 e. The Labute approximate surface area is 107 Å². The fourth-order valence-corrected chi connectivity index (χ4v) is 1.10. The van der Waals surface area contributed by atoms with Gasteiger partial charge in [-0.3, -0.25) is 0 Å². The van der Waals surface area contributed by atoms with Crippen LogP contribution in [0.1, 0.15) is 0 Å². The van der Waals surface area contributed by atoms with Gasteiger partial charge in [-0.25, -0.2) is 0 Å². The SMILES string of the molecule is C1COCOCCOCOCCOCOCCO1. The van der Waals surface area contributed by atoms with Crippen molar-refractivity contribution in [3.63, 3.8) is 0 Å². The summed E-state index contributed by atoms with van der Waals surface area (Å²) < 4.78 is 36.3. The van der Waals surface area contributed by atoms with E-state index in [1.54, 1.807) is 0 Å². The van der Waals surface area contributed by atoms with Crippen LogP contribution >= 0.6 is 0 Å². The maximum atomic E-state index is 5.27. The Kier molecular flexibility index (Phi) is 11.5. The minimum Gasteiger partial charge on any atom is -0.377 e. The zero-order valence-electron chi connectivity index (χ0n) is 10.6. The van der Waals surface area contributed by atoms with Crippen LogP contribution in [-0.2, 0) is 33.2 Å². The Hall–Kier alpha value is -0.280. The minimum absolute atomic E-state index is 0.238. The molecular weight excluding hydrogens is 244 g/mol. The van der Waals surface area contributed by atoms with Crippen LogP contribution in [0.2, 0.25) is 0 Å². The Balaban J connectivity index is 2.00. The number of rotatable bonds is 0. The van der Waals surface area contributed by atoms with Crippen molar-refractivity contribution >= 4 is 0 Å². The molecule has 1 aliphatic rings. The molecular formula is C11H22O7. The zero-order chi connectivity index (χ0) is 12.7. The van der Waals surface area contributed by atoms with Crippen molar-refractivity contribution in [1.82, 2.24) is 0 Å². The lowest BCUT2D eigenvalue weighted by molar-refractivity contribution is -0.126. The number of hydrogen-bond donors (Lipinski definition) is 0. The van der Waals surface area contributed by atoms with E-state index in [0.717, 1.165) is 0 Å². The summed E-state index contributed by atoms with van der Waals surface area (Å²) in [4.78, 5) is 0. The van der Waals surface area contributed by atoms with Crippen LogP contribution in [0, 0.1) is 0 Å². The molecule has 1 saturated heterocycles. The molecule has 0 amide bonds. The first-order chi connectivity index (χ1) is 9.00. The van der Waals surface area contributed by atoms with Gasteiger partial charge >= 0.3 is 0 Å². The lowest BCUT2D eigenvalue weighted by atomic mass is 10.7. The lowest BCUT2D eigenvalue weighted by Gasteiger charge is -2.10. The Morgan fingerprint density at radius 1 is 0.278 bits per heavy atom. The van der Waals surface area contributed by atoms with Crippen molar-refractivity contribution in [3.8, 4) is 0 Å². The highest BCUT2D eigenvalue weighted by atomic mass is 16.7. The summed E-state index contributed by atoms with van der Waals surface area (Å²) in [6, 6.07) is 0. The van der Waals surface area contributed by atoms with Crippen LogP contribution < -0.4 is 0 Å². The van der Waals surface area contributed by atoms with Crippen molar-refractivity contribution in [2.75, 3.05) is 73.2 Å². The maximum absolute atomic E-state index is 5.27. The number of hydrogen-bond acceptors (Lipinski definition) is 7. The van der Waals surface area contributed by atoms with Gasteiger partial charge in [-0.1, -0.05) is 0 Å². The fourth-order valence-electron chi connectivity index (χ4n) is 1.10. The van der Waals surface area contributed by atoms with Gasteiger partial charge in [0.1, 0.15) is 20.4 Å². The monoisotopic (exact) mass is 266 g/mol. The van der Waals surface area contributed by atoms with E-state index in [-0.39, 0.29) is 20.4 Å². The van der Waals surface area contributed by atoms with E-state index < -0.39 is 0 Å². The molecule has 1 fully saturated rings. The highest BCUT2D eigenvalue weighted by molar-refractivity contribution is 4.32. The van der Waals surface area contributed by atoms with Crippen molar-refractivity contribution < 1.29 is 33.2 Å². The molecule has 0 aromatic heterocycles.